The van der Waals surface area contributed by atoms with E-state index >= 15 is 0 Å². The molecule has 0 saturated carbocycles. The molecule has 0 amide bonds. The standard InChI is InChI=1S/C25H50O2/c1-6-7-8-9-10-11-12-13-14-17-20-23(25(4,5)24(26)27)21-18-15-16-19-22(2)3/h22-23H,6-21H2,1-5H3,(H,26,27). The molecule has 0 saturated heterocycles. The third-order valence-corrected chi connectivity index (χ3v) is 6.31. The molecular formula is C25H50O2. The molecule has 0 rings (SSSR count). The highest BCUT2D eigenvalue weighted by molar-refractivity contribution is 5.74. The van der Waals surface area contributed by atoms with Crippen LogP contribution in [-0.2, 0) is 4.79 Å². The second-order valence-corrected chi connectivity index (χ2v) is 9.73. The van der Waals surface area contributed by atoms with E-state index in [-0.39, 0.29) is 0 Å². The van der Waals surface area contributed by atoms with Crippen molar-refractivity contribution in [3.8, 4) is 0 Å². The van der Waals surface area contributed by atoms with Gasteiger partial charge in [0.25, 0.3) is 0 Å². The quantitative estimate of drug-likeness (QED) is 0.227. The Morgan fingerprint density at radius 1 is 0.704 bits per heavy atom. The van der Waals surface area contributed by atoms with E-state index in [0.29, 0.717) is 5.92 Å². The van der Waals surface area contributed by atoms with Crippen LogP contribution in [0.3, 0.4) is 0 Å². The summed E-state index contributed by atoms with van der Waals surface area (Å²) >= 11 is 0. The molecule has 0 heterocycles. The van der Waals surface area contributed by atoms with Gasteiger partial charge in [0.05, 0.1) is 5.41 Å². The van der Waals surface area contributed by atoms with Crippen LogP contribution in [-0.4, -0.2) is 11.1 Å². The normalized spacial score (nSPS) is 13.3. The number of hydrogen-bond donors (Lipinski definition) is 1. The predicted molar refractivity (Wildman–Crippen MR) is 119 cm³/mol. The molecule has 0 aromatic rings. The lowest BCUT2D eigenvalue weighted by molar-refractivity contribution is -0.150. The van der Waals surface area contributed by atoms with Crippen molar-refractivity contribution in [2.45, 2.75) is 137 Å². The molecule has 1 atom stereocenters. The molecule has 162 valence electrons. The summed E-state index contributed by atoms with van der Waals surface area (Å²) < 4.78 is 0. The van der Waals surface area contributed by atoms with Crippen LogP contribution in [0.2, 0.25) is 0 Å². The summed E-state index contributed by atoms with van der Waals surface area (Å²) in [7, 11) is 0. The van der Waals surface area contributed by atoms with Crippen LogP contribution in [0.4, 0.5) is 0 Å². The number of carboxylic acids is 1. The van der Waals surface area contributed by atoms with Gasteiger partial charge in [-0.2, -0.15) is 0 Å². The van der Waals surface area contributed by atoms with E-state index in [9.17, 15) is 9.90 Å². The van der Waals surface area contributed by atoms with Gasteiger partial charge >= 0.3 is 5.97 Å². The van der Waals surface area contributed by atoms with Crippen LogP contribution in [0.15, 0.2) is 0 Å². The molecular weight excluding hydrogens is 332 g/mol. The minimum Gasteiger partial charge on any atom is -0.481 e. The largest absolute Gasteiger partial charge is 0.481 e. The van der Waals surface area contributed by atoms with Crippen LogP contribution in [0.5, 0.6) is 0 Å². The fourth-order valence-electron chi connectivity index (χ4n) is 4.04. The summed E-state index contributed by atoms with van der Waals surface area (Å²) in [6, 6.07) is 0. The van der Waals surface area contributed by atoms with E-state index < -0.39 is 11.4 Å². The highest BCUT2D eigenvalue weighted by atomic mass is 16.4. The molecule has 1 N–H and O–H groups in total. The zero-order valence-corrected chi connectivity index (χ0v) is 19.3. The molecule has 0 radical (unpaired) electrons. The Kier molecular flexibility index (Phi) is 16.1. The number of unbranched alkanes of at least 4 members (excludes halogenated alkanes) is 11. The fraction of sp³-hybridized carbons (Fsp3) is 0.960. The Morgan fingerprint density at radius 2 is 1.07 bits per heavy atom. The van der Waals surface area contributed by atoms with Crippen LogP contribution in [0.25, 0.3) is 0 Å². The van der Waals surface area contributed by atoms with Crippen LogP contribution in [0.1, 0.15) is 137 Å². The maximum Gasteiger partial charge on any atom is 0.309 e. The van der Waals surface area contributed by atoms with Crippen molar-refractivity contribution < 1.29 is 9.90 Å². The molecule has 0 bridgehead atoms. The lowest BCUT2D eigenvalue weighted by Crippen LogP contribution is -2.33. The van der Waals surface area contributed by atoms with Crippen LogP contribution >= 0.6 is 0 Å². The van der Waals surface area contributed by atoms with E-state index in [1.54, 1.807) is 0 Å². The molecule has 2 heteroatoms. The van der Waals surface area contributed by atoms with Gasteiger partial charge in [-0.25, -0.2) is 0 Å². The molecule has 2 nitrogen and oxygen atoms in total. The van der Waals surface area contributed by atoms with Gasteiger partial charge in [0, 0.05) is 0 Å². The summed E-state index contributed by atoms with van der Waals surface area (Å²) in [6.45, 7) is 10.7. The first-order valence-corrected chi connectivity index (χ1v) is 12.1. The predicted octanol–water partition coefficient (Wildman–Crippen LogP) is 8.63. The SMILES string of the molecule is CCCCCCCCCCCCC(CCCCCC(C)C)C(C)(C)C(=O)O. The van der Waals surface area contributed by atoms with Gasteiger partial charge in [-0.15, -0.1) is 0 Å². The third-order valence-electron chi connectivity index (χ3n) is 6.31. The van der Waals surface area contributed by atoms with Crippen molar-refractivity contribution >= 4 is 5.97 Å². The third kappa shape index (κ3) is 14.2. The molecule has 0 spiro atoms. The maximum absolute atomic E-state index is 11.7. The van der Waals surface area contributed by atoms with Crippen molar-refractivity contribution in [3.05, 3.63) is 0 Å². The van der Waals surface area contributed by atoms with Crippen molar-refractivity contribution in [2.75, 3.05) is 0 Å². The molecule has 0 aliphatic carbocycles. The Bertz CT molecular complexity index is 346. The summed E-state index contributed by atoms with van der Waals surface area (Å²) in [5.74, 6) is 0.479. The van der Waals surface area contributed by atoms with Gasteiger partial charge in [-0.05, 0) is 38.5 Å². The van der Waals surface area contributed by atoms with Crippen LogP contribution in [0, 0.1) is 17.3 Å². The Morgan fingerprint density at radius 3 is 1.48 bits per heavy atom. The first-order valence-electron chi connectivity index (χ1n) is 12.1. The van der Waals surface area contributed by atoms with Crippen LogP contribution < -0.4 is 0 Å². The second-order valence-electron chi connectivity index (χ2n) is 9.73. The smallest absolute Gasteiger partial charge is 0.309 e. The van der Waals surface area contributed by atoms with Crippen molar-refractivity contribution in [1.29, 1.82) is 0 Å². The number of hydrogen-bond acceptors (Lipinski definition) is 1. The highest BCUT2D eigenvalue weighted by Gasteiger charge is 2.35. The van der Waals surface area contributed by atoms with Gasteiger partial charge in [0.1, 0.15) is 0 Å². The molecule has 0 aliphatic heterocycles. The van der Waals surface area contributed by atoms with E-state index in [1.165, 1.54) is 89.9 Å². The van der Waals surface area contributed by atoms with E-state index in [2.05, 4.69) is 20.8 Å². The number of carbonyl (C=O) groups is 1. The molecule has 0 fully saturated rings. The van der Waals surface area contributed by atoms with Crippen molar-refractivity contribution in [1.82, 2.24) is 0 Å². The van der Waals surface area contributed by atoms with Gasteiger partial charge in [-0.1, -0.05) is 111 Å². The van der Waals surface area contributed by atoms with Gasteiger partial charge in [0.15, 0.2) is 0 Å². The first-order chi connectivity index (χ1) is 12.8. The lowest BCUT2D eigenvalue weighted by Gasteiger charge is -2.31. The lowest BCUT2D eigenvalue weighted by atomic mass is 9.73. The number of carboxylic acid groups (broad SMARTS) is 1. The zero-order chi connectivity index (χ0) is 20.5. The van der Waals surface area contributed by atoms with Gasteiger partial charge in [-0.3, -0.25) is 4.79 Å². The summed E-state index contributed by atoms with van der Waals surface area (Å²) in [5.41, 5.74) is -0.586. The molecule has 27 heavy (non-hydrogen) atoms. The molecule has 0 aromatic heterocycles. The molecule has 0 aromatic carbocycles. The number of rotatable bonds is 19. The summed E-state index contributed by atoms with van der Waals surface area (Å²) in [6.07, 6.45) is 20.6. The molecule has 0 aliphatic rings. The monoisotopic (exact) mass is 382 g/mol. The first kappa shape index (κ1) is 26.5. The van der Waals surface area contributed by atoms with Gasteiger partial charge in [0.2, 0.25) is 0 Å². The average molecular weight is 383 g/mol. The highest BCUT2D eigenvalue weighted by Crippen LogP contribution is 2.35. The Balaban J connectivity index is 3.99. The van der Waals surface area contributed by atoms with Crippen molar-refractivity contribution in [3.63, 3.8) is 0 Å². The zero-order valence-electron chi connectivity index (χ0n) is 19.3. The minimum absolute atomic E-state index is 0.322. The number of aliphatic carboxylic acids is 1. The van der Waals surface area contributed by atoms with E-state index in [0.717, 1.165) is 18.8 Å². The summed E-state index contributed by atoms with van der Waals surface area (Å²) in [5, 5.41) is 9.65. The minimum atomic E-state index is -0.623. The topological polar surface area (TPSA) is 37.3 Å². The Hall–Kier alpha value is -0.530. The average Bonchev–Trinajstić information content (AvgIpc) is 2.60. The van der Waals surface area contributed by atoms with E-state index in [1.807, 2.05) is 13.8 Å². The van der Waals surface area contributed by atoms with E-state index in [4.69, 9.17) is 0 Å². The second kappa shape index (κ2) is 16.4. The summed E-state index contributed by atoms with van der Waals surface area (Å²) in [4.78, 5) is 11.7. The van der Waals surface area contributed by atoms with Gasteiger partial charge < -0.3 is 5.11 Å². The Labute approximate surface area is 170 Å². The molecule has 1 unspecified atom stereocenters. The maximum atomic E-state index is 11.7. The fourth-order valence-corrected chi connectivity index (χ4v) is 4.04. The van der Waals surface area contributed by atoms with Crippen molar-refractivity contribution in [2.24, 2.45) is 17.3 Å².